The maximum atomic E-state index is 11.5. The number of methoxy groups -OCH3 is 1. The minimum atomic E-state index is -0.670. The van der Waals surface area contributed by atoms with Crippen molar-refractivity contribution in [2.45, 2.75) is 13.8 Å². The Morgan fingerprint density at radius 3 is 2.27 bits per heavy atom. The van der Waals surface area contributed by atoms with Gasteiger partial charge in [-0.15, -0.1) is 0 Å². The summed E-state index contributed by atoms with van der Waals surface area (Å²) in [5, 5.41) is 11.0. The zero-order valence-corrected chi connectivity index (χ0v) is 13.0. The van der Waals surface area contributed by atoms with Crippen LogP contribution in [0.15, 0.2) is 48.5 Å². The summed E-state index contributed by atoms with van der Waals surface area (Å²) in [5.41, 5.74) is 8.08. The predicted molar refractivity (Wildman–Crippen MR) is 90.8 cm³/mol. The fraction of sp³-hybridized carbons (Fsp3) is 0.176. The van der Waals surface area contributed by atoms with Crippen molar-refractivity contribution in [1.82, 2.24) is 0 Å². The number of ether oxygens (including phenoxy) is 1. The fourth-order valence-corrected chi connectivity index (χ4v) is 1.74. The molecule has 0 spiro atoms. The van der Waals surface area contributed by atoms with Crippen molar-refractivity contribution >= 4 is 28.7 Å². The van der Waals surface area contributed by atoms with Crippen LogP contribution in [0.25, 0.3) is 0 Å². The van der Waals surface area contributed by atoms with E-state index in [1.54, 1.807) is 30.3 Å². The van der Waals surface area contributed by atoms with Crippen LogP contribution in [0.1, 0.15) is 19.4 Å². The average Bonchev–Trinajstić information content (AvgIpc) is 2.58. The van der Waals surface area contributed by atoms with Crippen molar-refractivity contribution in [3.05, 3.63) is 54.1 Å². The number of carbonyl (C=O) groups excluding carboxylic acids is 1. The van der Waals surface area contributed by atoms with Crippen LogP contribution in [0.2, 0.25) is 0 Å². The first kappa shape index (κ1) is 17.2. The molecule has 0 radical (unpaired) electrons. The molecule has 0 amide bonds. The van der Waals surface area contributed by atoms with Crippen LogP contribution in [0.5, 0.6) is 0 Å². The Kier molecular flexibility index (Phi) is 6.63. The van der Waals surface area contributed by atoms with E-state index in [1.165, 1.54) is 7.11 Å². The second-order valence-electron chi connectivity index (χ2n) is 4.16. The van der Waals surface area contributed by atoms with E-state index < -0.39 is 5.97 Å². The first-order chi connectivity index (χ1) is 10.6. The first-order valence-corrected chi connectivity index (χ1v) is 7.00. The second kappa shape index (κ2) is 8.46. The van der Waals surface area contributed by atoms with E-state index in [0.29, 0.717) is 16.9 Å². The third-order valence-electron chi connectivity index (χ3n) is 2.78. The van der Waals surface area contributed by atoms with E-state index in [-0.39, 0.29) is 5.71 Å². The van der Waals surface area contributed by atoms with E-state index in [9.17, 15) is 4.79 Å². The van der Waals surface area contributed by atoms with E-state index >= 15 is 0 Å². The molecule has 0 fully saturated rings. The van der Waals surface area contributed by atoms with Gasteiger partial charge in [-0.2, -0.15) is 0 Å². The molecule has 5 nitrogen and oxygen atoms in total. The number of hydrogen-bond donors (Lipinski definition) is 3. The molecule has 0 heterocycles. The molecule has 0 bridgehead atoms. The number of esters is 1. The van der Waals surface area contributed by atoms with Gasteiger partial charge in [-0.25, -0.2) is 4.79 Å². The normalized spacial score (nSPS) is 9.23. The molecule has 2 rings (SSSR count). The molecule has 5 heteroatoms. The van der Waals surface area contributed by atoms with Gasteiger partial charge >= 0.3 is 5.97 Å². The zero-order chi connectivity index (χ0) is 16.5. The van der Waals surface area contributed by atoms with Gasteiger partial charge in [-0.3, -0.25) is 5.41 Å². The predicted octanol–water partition coefficient (Wildman–Crippen LogP) is 3.58. The van der Waals surface area contributed by atoms with Gasteiger partial charge in [0, 0.05) is 22.6 Å². The molecular weight excluding hydrogens is 278 g/mol. The lowest BCUT2D eigenvalue weighted by atomic mass is 10.1. The molecule has 0 aliphatic heterocycles. The summed E-state index contributed by atoms with van der Waals surface area (Å²) < 4.78 is 4.58. The highest BCUT2D eigenvalue weighted by molar-refractivity contribution is 6.43. The summed E-state index contributed by atoms with van der Waals surface area (Å²) in [5.74, 6) is -0.670. The van der Waals surface area contributed by atoms with Gasteiger partial charge in [0.05, 0.1) is 7.11 Å². The lowest BCUT2D eigenvalue weighted by molar-refractivity contribution is -0.132. The second-order valence-corrected chi connectivity index (χ2v) is 4.16. The zero-order valence-electron chi connectivity index (χ0n) is 13.0. The molecule has 0 aliphatic carbocycles. The monoisotopic (exact) mass is 299 g/mol. The number of anilines is 3. The maximum Gasteiger partial charge on any atom is 0.356 e. The topological polar surface area (TPSA) is 88.2 Å². The molecule has 0 saturated carbocycles. The minimum Gasteiger partial charge on any atom is -0.464 e. The Hall–Kier alpha value is -2.82. The van der Waals surface area contributed by atoms with E-state index in [0.717, 1.165) is 5.69 Å². The van der Waals surface area contributed by atoms with Gasteiger partial charge in [0.15, 0.2) is 0 Å². The standard InChI is InChI=1S/C15H15N3O2.C2H6/c1-20-15(19)14(17)12-4-2-3-5-13(12)18-11-8-6-10(16)7-9-11;1-2/h2-9,17-18H,16H2,1H3;1-2H3. The summed E-state index contributed by atoms with van der Waals surface area (Å²) in [6.07, 6.45) is 0. The maximum absolute atomic E-state index is 11.5. The molecule has 0 aliphatic rings. The number of rotatable bonds is 4. The average molecular weight is 299 g/mol. The molecule has 0 unspecified atom stereocenters. The van der Waals surface area contributed by atoms with Crippen LogP contribution in [-0.2, 0) is 9.53 Å². The van der Waals surface area contributed by atoms with Crippen LogP contribution < -0.4 is 11.1 Å². The number of hydrogen-bond acceptors (Lipinski definition) is 5. The third kappa shape index (κ3) is 4.34. The van der Waals surface area contributed by atoms with Gasteiger partial charge in [-0.05, 0) is 30.3 Å². The van der Waals surface area contributed by atoms with Gasteiger partial charge in [0.1, 0.15) is 5.71 Å². The van der Waals surface area contributed by atoms with Crippen LogP contribution in [0, 0.1) is 5.41 Å². The molecule has 22 heavy (non-hydrogen) atoms. The van der Waals surface area contributed by atoms with E-state index in [4.69, 9.17) is 11.1 Å². The van der Waals surface area contributed by atoms with Crippen molar-refractivity contribution in [3.8, 4) is 0 Å². The highest BCUT2D eigenvalue weighted by Gasteiger charge is 2.15. The van der Waals surface area contributed by atoms with Gasteiger partial charge in [0.2, 0.25) is 0 Å². The molecule has 2 aromatic carbocycles. The molecule has 4 N–H and O–H groups in total. The lowest BCUT2D eigenvalue weighted by Gasteiger charge is -2.12. The van der Waals surface area contributed by atoms with Gasteiger partial charge < -0.3 is 15.8 Å². The smallest absolute Gasteiger partial charge is 0.356 e. The summed E-state index contributed by atoms with van der Waals surface area (Å²) in [6, 6.07) is 14.3. The first-order valence-electron chi connectivity index (χ1n) is 7.00. The Labute approximate surface area is 130 Å². The number of benzene rings is 2. The molecular formula is C17H21N3O2. The number of nitrogens with two attached hydrogens (primary N) is 1. The largest absolute Gasteiger partial charge is 0.464 e. The quantitative estimate of drug-likeness (QED) is 0.457. The Bertz CT molecular complexity index is 637. The van der Waals surface area contributed by atoms with Gasteiger partial charge in [0.25, 0.3) is 0 Å². The van der Waals surface area contributed by atoms with Crippen molar-refractivity contribution in [3.63, 3.8) is 0 Å². The summed E-state index contributed by atoms with van der Waals surface area (Å²) >= 11 is 0. The minimum absolute atomic E-state index is 0.189. The SMILES string of the molecule is CC.COC(=O)C(=N)c1ccccc1Nc1ccc(N)cc1. The molecule has 116 valence electrons. The van der Waals surface area contributed by atoms with Crippen LogP contribution >= 0.6 is 0 Å². The molecule has 0 aromatic heterocycles. The Morgan fingerprint density at radius 2 is 1.68 bits per heavy atom. The fourth-order valence-electron chi connectivity index (χ4n) is 1.74. The summed E-state index contributed by atoms with van der Waals surface area (Å²) in [6.45, 7) is 4.00. The highest BCUT2D eigenvalue weighted by Crippen LogP contribution is 2.22. The van der Waals surface area contributed by atoms with Crippen molar-refractivity contribution in [2.75, 3.05) is 18.2 Å². The molecule has 0 saturated heterocycles. The molecule has 0 atom stereocenters. The van der Waals surface area contributed by atoms with Crippen LogP contribution in [0.4, 0.5) is 17.1 Å². The third-order valence-corrected chi connectivity index (χ3v) is 2.78. The highest BCUT2D eigenvalue weighted by atomic mass is 16.5. The Morgan fingerprint density at radius 1 is 1.09 bits per heavy atom. The van der Waals surface area contributed by atoms with Crippen molar-refractivity contribution in [2.24, 2.45) is 0 Å². The van der Waals surface area contributed by atoms with Gasteiger partial charge in [-0.1, -0.05) is 32.0 Å². The number of nitrogens with one attached hydrogen (secondary N) is 2. The van der Waals surface area contributed by atoms with Crippen LogP contribution in [0.3, 0.4) is 0 Å². The van der Waals surface area contributed by atoms with Crippen molar-refractivity contribution in [1.29, 1.82) is 5.41 Å². The lowest BCUT2D eigenvalue weighted by Crippen LogP contribution is -2.17. The Balaban J connectivity index is 0.00000116. The summed E-state index contributed by atoms with van der Waals surface area (Å²) in [7, 11) is 1.26. The van der Waals surface area contributed by atoms with E-state index in [1.807, 2.05) is 32.0 Å². The number of para-hydroxylation sites is 1. The number of nitrogen functional groups attached to an aromatic ring is 1. The summed E-state index contributed by atoms with van der Waals surface area (Å²) in [4.78, 5) is 11.5. The van der Waals surface area contributed by atoms with E-state index in [2.05, 4.69) is 10.1 Å². The number of carbonyl (C=O) groups is 1. The van der Waals surface area contributed by atoms with Crippen molar-refractivity contribution < 1.29 is 9.53 Å². The van der Waals surface area contributed by atoms with Crippen LogP contribution in [-0.4, -0.2) is 18.8 Å². The molecule has 2 aromatic rings.